The van der Waals surface area contributed by atoms with E-state index in [0.717, 1.165) is 44.6 Å². The van der Waals surface area contributed by atoms with Gasteiger partial charge in [-0.3, -0.25) is 0 Å². The van der Waals surface area contributed by atoms with Crippen LogP contribution in [0.25, 0.3) is 0 Å². The highest BCUT2D eigenvalue weighted by Gasteiger charge is 2.13. The quantitative estimate of drug-likeness (QED) is 0.0487. The van der Waals surface area contributed by atoms with Crippen LogP contribution in [-0.2, 0) is 28.9 Å². The molecule has 0 aliphatic rings. The van der Waals surface area contributed by atoms with Gasteiger partial charge in [0.1, 0.15) is 5.60 Å². The molecule has 0 spiro atoms. The summed E-state index contributed by atoms with van der Waals surface area (Å²) in [6.07, 6.45) is 23.5. The first-order valence-corrected chi connectivity index (χ1v) is 14.9. The van der Waals surface area contributed by atoms with E-state index in [9.17, 15) is 14.4 Å². The summed E-state index contributed by atoms with van der Waals surface area (Å²) in [5, 5.41) is 0. The lowest BCUT2D eigenvalue weighted by molar-refractivity contribution is -0.259. The molecule has 0 aromatic rings. The molecule has 0 aromatic heterocycles. The molecule has 6 nitrogen and oxygen atoms in total. The van der Waals surface area contributed by atoms with E-state index in [1.54, 1.807) is 0 Å². The van der Waals surface area contributed by atoms with E-state index in [1.165, 1.54) is 77.0 Å². The Morgan fingerprint density at radius 3 is 1.11 bits per heavy atom. The van der Waals surface area contributed by atoms with Gasteiger partial charge in [0.15, 0.2) is 0 Å². The second-order valence-electron chi connectivity index (χ2n) is 10.8. The molecule has 218 valence electrons. The Hall–Kier alpha value is -1.85. The number of carbonyl (C=O) groups is 3. The molecule has 37 heavy (non-hydrogen) atoms. The first-order valence-electron chi connectivity index (χ1n) is 14.9. The van der Waals surface area contributed by atoms with Crippen LogP contribution in [0.1, 0.15) is 163 Å². The van der Waals surface area contributed by atoms with Gasteiger partial charge >= 0.3 is 17.9 Å². The molecular weight excluding hydrogens is 468 g/mol. The van der Waals surface area contributed by atoms with E-state index in [4.69, 9.17) is 4.74 Å². The lowest BCUT2D eigenvalue weighted by Crippen LogP contribution is -2.22. The summed E-state index contributed by atoms with van der Waals surface area (Å²) < 4.78 is 4.83. The molecule has 0 amide bonds. The minimum absolute atomic E-state index is 0.334. The van der Waals surface area contributed by atoms with Crippen molar-refractivity contribution in [3.63, 3.8) is 0 Å². The molecule has 0 unspecified atom stereocenters. The fraction of sp³-hybridized carbons (Fsp3) is 0.839. The van der Waals surface area contributed by atoms with Gasteiger partial charge < -0.3 is 4.74 Å². The van der Waals surface area contributed by atoms with Gasteiger partial charge in [0.05, 0.1) is 12.8 Å². The van der Waals surface area contributed by atoms with Crippen molar-refractivity contribution >= 4 is 17.9 Å². The average molecular weight is 527 g/mol. The van der Waals surface area contributed by atoms with Gasteiger partial charge in [-0.05, 0) is 33.6 Å². The minimum atomic E-state index is -0.427. The third-order valence-corrected chi connectivity index (χ3v) is 5.77. The fourth-order valence-electron chi connectivity index (χ4n) is 3.68. The third kappa shape index (κ3) is 34.1. The van der Waals surface area contributed by atoms with Crippen LogP contribution in [0.4, 0.5) is 0 Å². The van der Waals surface area contributed by atoms with Gasteiger partial charge in [-0.15, -0.1) is 0 Å². The number of hydrogen-bond donors (Lipinski definition) is 0. The summed E-state index contributed by atoms with van der Waals surface area (Å²) in [6.45, 7) is 13.2. The SMILES string of the molecule is C=CC(=O)OC(C)(C)C.CCCCCCCCCCCC(=O)OOC(=O)CCCCCCCCCCC. The van der Waals surface area contributed by atoms with Crippen LogP contribution in [0.5, 0.6) is 0 Å². The highest BCUT2D eigenvalue weighted by molar-refractivity contribution is 5.81. The van der Waals surface area contributed by atoms with Crippen LogP contribution in [0.15, 0.2) is 12.7 Å². The standard InChI is InChI=1S/C24H46O4.C7H12O2/c1-3-5-7-9-11-13-15-17-19-21-23(25)27-28-24(26)22-20-18-16-14-12-10-8-6-4-2;1-5-6(8)9-7(2,3)4/h3-22H2,1-2H3;5H,1H2,2-4H3. The lowest BCUT2D eigenvalue weighted by atomic mass is 10.1. The summed E-state index contributed by atoms with van der Waals surface area (Å²) in [6, 6.07) is 0. The fourth-order valence-corrected chi connectivity index (χ4v) is 3.68. The van der Waals surface area contributed by atoms with Crippen molar-refractivity contribution in [2.45, 2.75) is 169 Å². The number of hydrogen-bond acceptors (Lipinski definition) is 6. The maximum Gasteiger partial charge on any atom is 0.355 e. The zero-order chi connectivity index (χ0) is 28.2. The van der Waals surface area contributed by atoms with E-state index >= 15 is 0 Å². The molecule has 0 rings (SSSR count). The van der Waals surface area contributed by atoms with Crippen molar-refractivity contribution < 1.29 is 28.9 Å². The minimum Gasteiger partial charge on any atom is -0.457 e. The van der Waals surface area contributed by atoms with Crippen LogP contribution in [0, 0.1) is 0 Å². The Balaban J connectivity index is 0. The second-order valence-corrected chi connectivity index (χ2v) is 10.8. The molecule has 0 atom stereocenters. The van der Waals surface area contributed by atoms with E-state index in [2.05, 4.69) is 30.2 Å². The Morgan fingerprint density at radius 1 is 0.568 bits per heavy atom. The normalized spacial score (nSPS) is 10.7. The van der Waals surface area contributed by atoms with E-state index in [0.29, 0.717) is 12.8 Å². The predicted molar refractivity (Wildman–Crippen MR) is 152 cm³/mol. The summed E-state index contributed by atoms with van der Waals surface area (Å²) in [5.74, 6) is -1.23. The Kier molecular flexibility index (Phi) is 27.4. The van der Waals surface area contributed by atoms with Gasteiger partial charge in [0.25, 0.3) is 0 Å². The van der Waals surface area contributed by atoms with Gasteiger partial charge in [-0.25, -0.2) is 24.2 Å². The predicted octanol–water partition coefficient (Wildman–Crippen LogP) is 9.34. The molecule has 0 bridgehead atoms. The smallest absolute Gasteiger partial charge is 0.355 e. The molecule has 0 radical (unpaired) electrons. The van der Waals surface area contributed by atoms with E-state index < -0.39 is 17.5 Å². The van der Waals surface area contributed by atoms with Crippen molar-refractivity contribution in [1.29, 1.82) is 0 Å². The van der Waals surface area contributed by atoms with Crippen molar-refractivity contribution in [2.75, 3.05) is 0 Å². The zero-order valence-corrected chi connectivity index (χ0v) is 24.9. The van der Waals surface area contributed by atoms with Crippen LogP contribution in [-0.4, -0.2) is 23.5 Å². The first kappa shape index (κ1) is 37.3. The number of unbranched alkanes of at least 4 members (excludes halogenated alkanes) is 16. The Labute approximate surface area is 228 Å². The summed E-state index contributed by atoms with van der Waals surface area (Å²) in [7, 11) is 0. The molecule has 0 saturated heterocycles. The van der Waals surface area contributed by atoms with Crippen molar-refractivity contribution in [2.24, 2.45) is 0 Å². The molecule has 0 aliphatic heterocycles. The number of ether oxygens (including phenoxy) is 1. The van der Waals surface area contributed by atoms with Crippen molar-refractivity contribution in [3.05, 3.63) is 12.7 Å². The third-order valence-electron chi connectivity index (χ3n) is 5.77. The van der Waals surface area contributed by atoms with Crippen LogP contribution >= 0.6 is 0 Å². The maximum absolute atomic E-state index is 11.6. The zero-order valence-electron chi connectivity index (χ0n) is 24.9. The molecule has 0 fully saturated rings. The summed E-state index contributed by atoms with van der Waals surface area (Å²) >= 11 is 0. The Morgan fingerprint density at radius 2 is 0.865 bits per heavy atom. The molecule has 0 N–H and O–H groups in total. The van der Waals surface area contributed by atoms with Gasteiger partial charge in [-0.2, -0.15) is 0 Å². The number of rotatable bonds is 21. The van der Waals surface area contributed by atoms with E-state index in [-0.39, 0.29) is 5.97 Å². The van der Waals surface area contributed by atoms with Crippen LogP contribution in [0.2, 0.25) is 0 Å². The summed E-state index contributed by atoms with van der Waals surface area (Å²) in [4.78, 5) is 42.9. The lowest BCUT2D eigenvalue weighted by Gasteiger charge is -2.17. The molecule has 0 saturated carbocycles. The van der Waals surface area contributed by atoms with Crippen molar-refractivity contribution in [1.82, 2.24) is 0 Å². The highest BCUT2D eigenvalue weighted by Crippen LogP contribution is 2.12. The van der Waals surface area contributed by atoms with Gasteiger partial charge in [0, 0.05) is 6.08 Å². The molecule has 0 aliphatic carbocycles. The topological polar surface area (TPSA) is 78.9 Å². The Bertz CT molecular complexity index is 531. The van der Waals surface area contributed by atoms with Crippen LogP contribution < -0.4 is 0 Å². The molecule has 6 heteroatoms. The molecule has 0 heterocycles. The summed E-state index contributed by atoms with van der Waals surface area (Å²) in [5.41, 5.74) is -0.398. The van der Waals surface area contributed by atoms with Crippen LogP contribution in [0.3, 0.4) is 0 Å². The number of carbonyl (C=O) groups excluding carboxylic acids is 3. The maximum atomic E-state index is 11.6. The van der Waals surface area contributed by atoms with Crippen molar-refractivity contribution in [3.8, 4) is 0 Å². The average Bonchev–Trinajstić information content (AvgIpc) is 2.84. The van der Waals surface area contributed by atoms with E-state index in [1.807, 2.05) is 20.8 Å². The monoisotopic (exact) mass is 526 g/mol. The second kappa shape index (κ2) is 27.2. The highest BCUT2D eigenvalue weighted by atomic mass is 17.2. The first-order chi connectivity index (χ1) is 17.7. The van der Waals surface area contributed by atoms with Gasteiger partial charge in [-0.1, -0.05) is 123 Å². The molecular formula is C31H58O6. The number of esters is 1. The molecule has 0 aromatic carbocycles. The largest absolute Gasteiger partial charge is 0.457 e. The van der Waals surface area contributed by atoms with Gasteiger partial charge in [0.2, 0.25) is 0 Å².